The van der Waals surface area contributed by atoms with Crippen LogP contribution in [0, 0.1) is 20.8 Å². The summed E-state index contributed by atoms with van der Waals surface area (Å²) in [7, 11) is 0. The summed E-state index contributed by atoms with van der Waals surface area (Å²) in [6.07, 6.45) is 1.57. The smallest absolute Gasteiger partial charge is 0.337 e. The predicted molar refractivity (Wildman–Crippen MR) is 153 cm³/mol. The molecule has 5 aromatic rings. The minimum Gasteiger partial charge on any atom is -0.478 e. The van der Waals surface area contributed by atoms with Crippen LogP contribution < -0.4 is 5.43 Å². The normalized spacial score (nSPS) is 11.2. The summed E-state index contributed by atoms with van der Waals surface area (Å²) < 4.78 is 4.03. The second-order valence-corrected chi connectivity index (χ2v) is 9.29. The van der Waals surface area contributed by atoms with Gasteiger partial charge in [-0.15, -0.1) is 0 Å². The van der Waals surface area contributed by atoms with Crippen molar-refractivity contribution in [2.45, 2.75) is 20.8 Å². The molecule has 0 unspecified atom stereocenters. The molecule has 0 aliphatic carbocycles. The summed E-state index contributed by atoms with van der Waals surface area (Å²) in [5.41, 5.74) is 10.6. The van der Waals surface area contributed by atoms with E-state index in [4.69, 9.17) is 0 Å². The topological polar surface area (TPSA) is 88.6 Å². The van der Waals surface area contributed by atoms with Crippen molar-refractivity contribution in [3.05, 3.63) is 131 Å². The van der Waals surface area contributed by atoms with Gasteiger partial charge < -0.3 is 14.2 Å². The molecule has 2 N–H and O–H groups in total. The molecule has 5 rings (SSSR count). The minimum absolute atomic E-state index is 0.213. The predicted octanol–water partition coefficient (Wildman–Crippen LogP) is 6.32. The number of carbonyl (C=O) groups excluding carboxylic acids is 1. The van der Waals surface area contributed by atoms with Crippen LogP contribution in [0.25, 0.3) is 22.6 Å². The SMILES string of the molecule is Cc1ccc(-c2ccccc2)n1-c1ccc(C(=O)N/N=C/c2cc(C)n(-c3ccccc3C(=O)O)c2C)cc1. The lowest BCUT2D eigenvalue weighted by molar-refractivity contribution is 0.0696. The fourth-order valence-electron chi connectivity index (χ4n) is 4.84. The lowest BCUT2D eigenvalue weighted by Crippen LogP contribution is -2.17. The van der Waals surface area contributed by atoms with E-state index in [1.54, 1.807) is 42.6 Å². The molecule has 0 saturated heterocycles. The van der Waals surface area contributed by atoms with E-state index < -0.39 is 5.97 Å². The maximum Gasteiger partial charge on any atom is 0.337 e. The van der Waals surface area contributed by atoms with Gasteiger partial charge in [0.1, 0.15) is 0 Å². The van der Waals surface area contributed by atoms with Gasteiger partial charge in [0.05, 0.1) is 23.2 Å². The van der Waals surface area contributed by atoms with Crippen LogP contribution in [0.3, 0.4) is 0 Å². The van der Waals surface area contributed by atoms with E-state index in [0.717, 1.165) is 39.6 Å². The highest BCUT2D eigenvalue weighted by Gasteiger charge is 2.16. The van der Waals surface area contributed by atoms with Gasteiger partial charge in [0, 0.05) is 33.9 Å². The number of benzene rings is 3. The Balaban J connectivity index is 1.33. The van der Waals surface area contributed by atoms with Gasteiger partial charge in [0.2, 0.25) is 0 Å². The van der Waals surface area contributed by atoms with Crippen LogP contribution in [0.15, 0.2) is 102 Å². The number of nitrogens with one attached hydrogen (secondary N) is 1. The van der Waals surface area contributed by atoms with E-state index >= 15 is 0 Å². The standard InChI is InChI=1S/C32H28N4O3/c1-21-13-18-29(24-9-5-4-6-10-24)36(21)27-16-14-25(15-17-27)31(37)34-33-20-26-19-22(2)35(23(26)3)30-12-8-7-11-28(30)32(38)39/h4-20H,1-3H3,(H,34,37)(H,38,39)/b33-20+. The number of rotatable bonds is 7. The third kappa shape index (κ3) is 5.02. The molecule has 194 valence electrons. The molecule has 0 aliphatic heterocycles. The van der Waals surface area contributed by atoms with Crippen molar-refractivity contribution >= 4 is 18.1 Å². The number of aryl methyl sites for hydroxylation is 2. The van der Waals surface area contributed by atoms with Crippen molar-refractivity contribution in [2.24, 2.45) is 5.10 Å². The van der Waals surface area contributed by atoms with Crippen LogP contribution in [0.4, 0.5) is 0 Å². The molecule has 39 heavy (non-hydrogen) atoms. The third-order valence-electron chi connectivity index (χ3n) is 6.75. The zero-order valence-electron chi connectivity index (χ0n) is 21.9. The van der Waals surface area contributed by atoms with E-state index in [1.165, 1.54) is 0 Å². The van der Waals surface area contributed by atoms with E-state index in [1.807, 2.05) is 54.8 Å². The molecular formula is C32H28N4O3. The van der Waals surface area contributed by atoms with Crippen LogP contribution in [-0.4, -0.2) is 32.3 Å². The zero-order chi connectivity index (χ0) is 27.5. The summed E-state index contributed by atoms with van der Waals surface area (Å²) in [5.74, 6) is -1.31. The average molecular weight is 517 g/mol. The van der Waals surface area contributed by atoms with Crippen LogP contribution in [0.5, 0.6) is 0 Å². The molecule has 0 spiro atoms. The number of para-hydroxylation sites is 1. The lowest BCUT2D eigenvalue weighted by atomic mass is 10.1. The van der Waals surface area contributed by atoms with E-state index in [-0.39, 0.29) is 11.5 Å². The Morgan fingerprint density at radius 1 is 0.795 bits per heavy atom. The number of amides is 1. The summed E-state index contributed by atoms with van der Waals surface area (Å²) in [6.45, 7) is 5.85. The Kier molecular flexibility index (Phi) is 6.97. The summed E-state index contributed by atoms with van der Waals surface area (Å²) in [4.78, 5) is 24.5. The number of nitrogens with zero attached hydrogens (tertiary/aromatic N) is 3. The van der Waals surface area contributed by atoms with E-state index in [2.05, 4.69) is 46.3 Å². The highest BCUT2D eigenvalue weighted by Crippen LogP contribution is 2.27. The van der Waals surface area contributed by atoms with E-state index in [0.29, 0.717) is 11.3 Å². The quantitative estimate of drug-likeness (QED) is 0.196. The Morgan fingerprint density at radius 3 is 2.21 bits per heavy atom. The molecule has 0 bridgehead atoms. The number of carboxylic acids is 1. The first-order valence-corrected chi connectivity index (χ1v) is 12.5. The molecule has 2 heterocycles. The first-order chi connectivity index (χ1) is 18.8. The number of hydrazone groups is 1. The van der Waals surface area contributed by atoms with Crippen molar-refractivity contribution in [3.8, 4) is 22.6 Å². The molecule has 2 aromatic heterocycles. The fraction of sp³-hybridized carbons (Fsp3) is 0.0938. The molecule has 0 saturated carbocycles. The lowest BCUT2D eigenvalue weighted by Gasteiger charge is -2.13. The molecule has 7 nitrogen and oxygen atoms in total. The number of hydrogen-bond donors (Lipinski definition) is 2. The molecule has 0 fully saturated rings. The molecule has 7 heteroatoms. The number of carbonyl (C=O) groups is 2. The molecule has 3 aromatic carbocycles. The van der Waals surface area contributed by atoms with Crippen molar-refractivity contribution < 1.29 is 14.7 Å². The van der Waals surface area contributed by atoms with Crippen molar-refractivity contribution in [1.29, 1.82) is 0 Å². The highest BCUT2D eigenvalue weighted by atomic mass is 16.4. The molecule has 1 amide bonds. The number of hydrogen-bond acceptors (Lipinski definition) is 3. The van der Waals surface area contributed by atoms with Gasteiger partial charge in [0.15, 0.2) is 0 Å². The van der Waals surface area contributed by atoms with Gasteiger partial charge in [-0.25, -0.2) is 10.2 Å². The fourth-order valence-corrected chi connectivity index (χ4v) is 4.84. The molecular weight excluding hydrogens is 488 g/mol. The molecule has 0 radical (unpaired) electrons. The van der Waals surface area contributed by atoms with Gasteiger partial charge in [-0.2, -0.15) is 5.10 Å². The second-order valence-electron chi connectivity index (χ2n) is 9.29. The number of aromatic carboxylic acids is 1. The van der Waals surface area contributed by atoms with Crippen molar-refractivity contribution in [3.63, 3.8) is 0 Å². The van der Waals surface area contributed by atoms with Gasteiger partial charge in [0.25, 0.3) is 5.91 Å². The minimum atomic E-state index is -0.991. The summed E-state index contributed by atoms with van der Waals surface area (Å²) >= 11 is 0. The first-order valence-electron chi connectivity index (χ1n) is 12.5. The van der Waals surface area contributed by atoms with Crippen LogP contribution in [0.1, 0.15) is 43.4 Å². The van der Waals surface area contributed by atoms with Gasteiger partial charge in [-0.3, -0.25) is 4.79 Å². The summed E-state index contributed by atoms with van der Waals surface area (Å²) in [6, 6.07) is 30.5. The second kappa shape index (κ2) is 10.7. The maximum atomic E-state index is 12.8. The highest BCUT2D eigenvalue weighted by molar-refractivity contribution is 5.95. The van der Waals surface area contributed by atoms with E-state index in [9.17, 15) is 14.7 Å². The largest absolute Gasteiger partial charge is 0.478 e. The zero-order valence-corrected chi connectivity index (χ0v) is 21.9. The van der Waals surface area contributed by atoms with Gasteiger partial charge in [-0.1, -0.05) is 42.5 Å². The first kappa shape index (κ1) is 25.5. The Bertz CT molecular complexity index is 1690. The molecule has 0 aliphatic rings. The summed E-state index contributed by atoms with van der Waals surface area (Å²) in [5, 5.41) is 13.8. The Morgan fingerprint density at radius 2 is 1.49 bits per heavy atom. The van der Waals surface area contributed by atoms with Crippen LogP contribution in [-0.2, 0) is 0 Å². The van der Waals surface area contributed by atoms with Crippen molar-refractivity contribution in [2.75, 3.05) is 0 Å². The van der Waals surface area contributed by atoms with Crippen molar-refractivity contribution in [1.82, 2.24) is 14.6 Å². The number of aromatic nitrogens is 2. The van der Waals surface area contributed by atoms with Crippen LogP contribution >= 0.6 is 0 Å². The monoisotopic (exact) mass is 516 g/mol. The maximum absolute atomic E-state index is 12.8. The Labute approximate surface area is 226 Å². The van der Waals surface area contributed by atoms with Gasteiger partial charge in [-0.05, 0) is 80.9 Å². The molecule has 0 atom stereocenters. The number of carboxylic acid groups (broad SMARTS) is 1. The Hall–Kier alpha value is -5.17. The third-order valence-corrected chi connectivity index (χ3v) is 6.75. The average Bonchev–Trinajstić information content (AvgIpc) is 3.47. The van der Waals surface area contributed by atoms with Gasteiger partial charge >= 0.3 is 5.97 Å². The van der Waals surface area contributed by atoms with Crippen LogP contribution in [0.2, 0.25) is 0 Å².